The van der Waals surface area contributed by atoms with Crippen LogP contribution in [0.25, 0.3) is 0 Å². The van der Waals surface area contributed by atoms with Crippen LogP contribution < -0.4 is 11.1 Å². The lowest BCUT2D eigenvalue weighted by Gasteiger charge is -2.08. The molecule has 0 aliphatic rings. The number of hydrogen-bond acceptors (Lipinski definition) is 4. The molecule has 1 aromatic rings. The molecule has 0 atom stereocenters. The van der Waals surface area contributed by atoms with Crippen molar-refractivity contribution in [2.45, 2.75) is 6.42 Å². The van der Waals surface area contributed by atoms with E-state index in [1.54, 1.807) is 0 Å². The summed E-state index contributed by atoms with van der Waals surface area (Å²) in [5, 5.41) is 11.0. The summed E-state index contributed by atoms with van der Waals surface area (Å²) in [5.41, 5.74) is 5.87. The van der Waals surface area contributed by atoms with Crippen LogP contribution in [0.15, 0.2) is 34.4 Å². The molecule has 1 aromatic carbocycles. The second kappa shape index (κ2) is 8.14. The maximum Gasteiger partial charge on any atom is 0.305 e. The first-order valence-electron chi connectivity index (χ1n) is 6.24. The Morgan fingerprint density at radius 3 is 2.59 bits per heavy atom. The topological polar surface area (TPSA) is 105 Å². The predicted octanol–water partition coefficient (Wildman–Crippen LogP) is 1.49. The number of benzene rings is 1. The van der Waals surface area contributed by atoms with Crippen LogP contribution in [0.5, 0.6) is 0 Å². The minimum atomic E-state index is -1.04. The van der Waals surface area contributed by atoms with E-state index in [0.29, 0.717) is 0 Å². The van der Waals surface area contributed by atoms with Gasteiger partial charge in [0.05, 0.1) is 17.2 Å². The number of hydrogen-bond donors (Lipinski definition) is 3. The standard InChI is InChI=1S/C14H15ClFN3O3/c1-18-13(11(15)7-17)8-4-9(6-10(16)5-8)14(22)19-3-2-12(20)21/h4-7H,2-3,17H2,1H3,(H,19,22)(H,20,21)/b11-7+,18-13?. The van der Waals surface area contributed by atoms with E-state index in [1.807, 2.05) is 0 Å². The van der Waals surface area contributed by atoms with Crippen molar-refractivity contribution in [3.05, 3.63) is 46.4 Å². The third-order valence-corrected chi connectivity index (χ3v) is 2.96. The van der Waals surface area contributed by atoms with Crippen LogP contribution >= 0.6 is 11.6 Å². The summed E-state index contributed by atoms with van der Waals surface area (Å²) >= 11 is 5.89. The van der Waals surface area contributed by atoms with Crippen LogP contribution in [0.3, 0.4) is 0 Å². The summed E-state index contributed by atoms with van der Waals surface area (Å²) in [5.74, 6) is -2.28. The van der Waals surface area contributed by atoms with E-state index in [2.05, 4.69) is 10.3 Å². The average molecular weight is 328 g/mol. The molecule has 0 saturated heterocycles. The van der Waals surface area contributed by atoms with E-state index in [-0.39, 0.29) is 34.8 Å². The van der Waals surface area contributed by atoms with Gasteiger partial charge in [-0.25, -0.2) is 4.39 Å². The molecule has 0 aromatic heterocycles. The van der Waals surface area contributed by atoms with Gasteiger partial charge in [0.25, 0.3) is 5.91 Å². The zero-order valence-electron chi connectivity index (χ0n) is 11.8. The lowest BCUT2D eigenvalue weighted by molar-refractivity contribution is -0.136. The number of carboxylic acids is 1. The fourth-order valence-electron chi connectivity index (χ4n) is 1.70. The Morgan fingerprint density at radius 1 is 1.41 bits per heavy atom. The van der Waals surface area contributed by atoms with Gasteiger partial charge in [-0.3, -0.25) is 14.6 Å². The highest BCUT2D eigenvalue weighted by molar-refractivity contribution is 6.46. The fourth-order valence-corrected chi connectivity index (χ4v) is 1.89. The van der Waals surface area contributed by atoms with Gasteiger partial charge in [-0.1, -0.05) is 11.6 Å². The van der Waals surface area contributed by atoms with Gasteiger partial charge in [-0.15, -0.1) is 0 Å². The number of amides is 1. The molecule has 118 valence electrons. The molecule has 0 aliphatic carbocycles. The summed E-state index contributed by atoms with van der Waals surface area (Å²) in [7, 11) is 1.46. The first-order chi connectivity index (χ1) is 10.4. The largest absolute Gasteiger partial charge is 0.481 e. The normalized spacial score (nSPS) is 12.1. The second-order valence-electron chi connectivity index (χ2n) is 4.22. The van der Waals surface area contributed by atoms with E-state index >= 15 is 0 Å². The van der Waals surface area contributed by atoms with Gasteiger partial charge in [0.15, 0.2) is 0 Å². The van der Waals surface area contributed by atoms with Crippen molar-refractivity contribution in [1.29, 1.82) is 0 Å². The SMILES string of the molecule is CN=C(/C(Cl)=C\N)c1cc(F)cc(C(=O)NCCC(=O)O)c1. The van der Waals surface area contributed by atoms with Crippen LogP contribution in [-0.4, -0.2) is 36.3 Å². The molecule has 1 rings (SSSR count). The van der Waals surface area contributed by atoms with Crippen LogP contribution in [0.2, 0.25) is 0 Å². The molecule has 0 fully saturated rings. The van der Waals surface area contributed by atoms with Crippen molar-refractivity contribution in [1.82, 2.24) is 5.32 Å². The second-order valence-corrected chi connectivity index (χ2v) is 4.62. The van der Waals surface area contributed by atoms with Crippen molar-refractivity contribution in [2.24, 2.45) is 10.7 Å². The molecule has 0 aliphatic heterocycles. The van der Waals surface area contributed by atoms with Crippen LogP contribution in [0, 0.1) is 5.82 Å². The number of allylic oxidation sites excluding steroid dienone is 1. The van der Waals surface area contributed by atoms with E-state index in [4.69, 9.17) is 22.4 Å². The smallest absolute Gasteiger partial charge is 0.305 e. The Kier molecular flexibility index (Phi) is 6.52. The summed E-state index contributed by atoms with van der Waals surface area (Å²) in [6, 6.07) is 3.60. The average Bonchev–Trinajstić information content (AvgIpc) is 2.46. The lowest BCUT2D eigenvalue weighted by atomic mass is 10.1. The predicted molar refractivity (Wildman–Crippen MR) is 81.6 cm³/mol. The highest BCUT2D eigenvalue weighted by atomic mass is 35.5. The molecule has 8 heteroatoms. The number of nitrogens with zero attached hydrogens (tertiary/aromatic N) is 1. The Labute approximate surface area is 131 Å². The molecule has 0 radical (unpaired) electrons. The Hall–Kier alpha value is -2.41. The zero-order valence-corrected chi connectivity index (χ0v) is 12.5. The fraction of sp³-hybridized carbons (Fsp3) is 0.214. The monoisotopic (exact) mass is 327 g/mol. The molecule has 6 nitrogen and oxygen atoms in total. The van der Waals surface area contributed by atoms with Gasteiger partial charge in [-0.2, -0.15) is 0 Å². The highest BCUT2D eigenvalue weighted by Gasteiger charge is 2.14. The summed E-state index contributed by atoms with van der Waals surface area (Å²) < 4.78 is 13.7. The van der Waals surface area contributed by atoms with Crippen LogP contribution in [-0.2, 0) is 4.79 Å². The van der Waals surface area contributed by atoms with Crippen molar-refractivity contribution in [3.8, 4) is 0 Å². The molecular weight excluding hydrogens is 313 g/mol. The van der Waals surface area contributed by atoms with Gasteiger partial charge < -0.3 is 16.2 Å². The highest BCUT2D eigenvalue weighted by Crippen LogP contribution is 2.16. The zero-order chi connectivity index (χ0) is 16.7. The molecule has 0 spiro atoms. The van der Waals surface area contributed by atoms with E-state index in [9.17, 15) is 14.0 Å². The number of carbonyl (C=O) groups excluding carboxylic acids is 1. The molecule has 1 amide bonds. The van der Waals surface area contributed by atoms with Crippen molar-refractivity contribution in [3.63, 3.8) is 0 Å². The molecule has 0 bridgehead atoms. The number of carbonyl (C=O) groups is 2. The van der Waals surface area contributed by atoms with E-state index < -0.39 is 17.7 Å². The van der Waals surface area contributed by atoms with Gasteiger partial charge in [0, 0.05) is 30.9 Å². The lowest BCUT2D eigenvalue weighted by Crippen LogP contribution is -2.26. The molecule has 4 N–H and O–H groups in total. The van der Waals surface area contributed by atoms with E-state index in [1.165, 1.54) is 19.2 Å². The summed E-state index contributed by atoms with van der Waals surface area (Å²) in [4.78, 5) is 26.2. The molecule has 0 heterocycles. The third kappa shape index (κ3) is 4.85. The number of nitrogens with one attached hydrogen (secondary N) is 1. The van der Waals surface area contributed by atoms with Gasteiger partial charge in [0.1, 0.15) is 5.82 Å². The summed E-state index contributed by atoms with van der Waals surface area (Å²) in [6.45, 7) is -0.0573. The number of aliphatic carboxylic acids is 1. The minimum absolute atomic E-state index is 0.0306. The Bertz CT molecular complexity index is 644. The van der Waals surface area contributed by atoms with Crippen LogP contribution in [0.4, 0.5) is 4.39 Å². The minimum Gasteiger partial charge on any atom is -0.481 e. The molecular formula is C14H15ClFN3O3. The van der Waals surface area contributed by atoms with Gasteiger partial charge in [-0.05, 0) is 18.2 Å². The number of rotatable bonds is 6. The van der Waals surface area contributed by atoms with Crippen LogP contribution in [0.1, 0.15) is 22.3 Å². The van der Waals surface area contributed by atoms with E-state index in [0.717, 1.165) is 12.3 Å². The molecule has 22 heavy (non-hydrogen) atoms. The van der Waals surface area contributed by atoms with Gasteiger partial charge >= 0.3 is 5.97 Å². The number of carboxylic acid groups (broad SMARTS) is 1. The number of aliphatic imine (C=N–C) groups is 1. The van der Waals surface area contributed by atoms with Crippen molar-refractivity contribution < 1.29 is 19.1 Å². The molecule has 0 unspecified atom stereocenters. The maximum atomic E-state index is 13.7. The first kappa shape index (κ1) is 17.6. The first-order valence-corrected chi connectivity index (χ1v) is 6.62. The van der Waals surface area contributed by atoms with Gasteiger partial charge in [0.2, 0.25) is 0 Å². The molecule has 0 saturated carbocycles. The van der Waals surface area contributed by atoms with Crippen molar-refractivity contribution in [2.75, 3.05) is 13.6 Å². The Balaban J connectivity index is 3.04. The number of nitrogens with two attached hydrogens (primary N) is 1. The third-order valence-electron chi connectivity index (χ3n) is 2.65. The quantitative estimate of drug-likeness (QED) is 0.688. The summed E-state index contributed by atoms with van der Waals surface area (Å²) in [6.07, 6.45) is 0.888. The Morgan fingerprint density at radius 2 is 2.05 bits per heavy atom. The van der Waals surface area contributed by atoms with Crippen molar-refractivity contribution >= 4 is 29.2 Å². The maximum absolute atomic E-state index is 13.7. The number of halogens is 2.